The molecule has 6 heteroatoms. The number of nitrogens with one attached hydrogen (secondary N) is 1. The van der Waals surface area contributed by atoms with Crippen LogP contribution < -0.4 is 10.9 Å². The number of aromatic nitrogens is 2. The highest BCUT2D eigenvalue weighted by Crippen LogP contribution is 2.23. The molecule has 1 aromatic rings. The second-order valence-corrected chi connectivity index (χ2v) is 7.50. The third-order valence-electron chi connectivity index (χ3n) is 4.64. The van der Waals surface area contributed by atoms with Gasteiger partial charge in [0.15, 0.2) is 0 Å². The predicted octanol–water partition coefficient (Wildman–Crippen LogP) is 2.71. The fourth-order valence-corrected chi connectivity index (χ4v) is 3.49. The summed E-state index contributed by atoms with van der Waals surface area (Å²) in [4.78, 5) is 14.5. The maximum absolute atomic E-state index is 11.9. The van der Waals surface area contributed by atoms with Crippen molar-refractivity contribution in [2.24, 2.45) is 18.9 Å². The number of piperidine rings is 1. The number of hydrogen-bond donors (Lipinski definition) is 1. The Kier molecular flexibility index (Phi) is 6.03. The van der Waals surface area contributed by atoms with Gasteiger partial charge in [-0.3, -0.25) is 9.69 Å². The second-order valence-electron chi connectivity index (χ2n) is 6.71. The van der Waals surface area contributed by atoms with Gasteiger partial charge in [-0.1, -0.05) is 20.8 Å². The standard InChI is InChI=1S/C16H27BrN4O/c1-11(2)14(21-7-5-12(3)6-8-21)10-18-13-9-19-20(4)16(22)15(13)17/h9,11-12,14,18H,5-8,10H2,1-4H3. The van der Waals surface area contributed by atoms with Gasteiger partial charge in [-0.2, -0.15) is 5.10 Å². The van der Waals surface area contributed by atoms with Crippen LogP contribution in [0.5, 0.6) is 0 Å². The van der Waals surface area contributed by atoms with Crippen LogP contribution in [-0.4, -0.2) is 40.4 Å². The van der Waals surface area contributed by atoms with Gasteiger partial charge >= 0.3 is 0 Å². The largest absolute Gasteiger partial charge is 0.381 e. The van der Waals surface area contributed by atoms with Crippen LogP contribution >= 0.6 is 15.9 Å². The van der Waals surface area contributed by atoms with Crippen molar-refractivity contribution in [3.05, 3.63) is 21.0 Å². The van der Waals surface area contributed by atoms with Gasteiger partial charge in [0.2, 0.25) is 0 Å². The van der Waals surface area contributed by atoms with Crippen molar-refractivity contribution < 1.29 is 0 Å². The Morgan fingerprint density at radius 1 is 1.41 bits per heavy atom. The minimum absolute atomic E-state index is 0.113. The molecule has 0 radical (unpaired) electrons. The van der Waals surface area contributed by atoms with Crippen molar-refractivity contribution in [3.63, 3.8) is 0 Å². The summed E-state index contributed by atoms with van der Waals surface area (Å²) in [6, 6.07) is 0.475. The molecule has 124 valence electrons. The van der Waals surface area contributed by atoms with Crippen molar-refractivity contribution >= 4 is 21.6 Å². The molecule has 0 amide bonds. The van der Waals surface area contributed by atoms with E-state index >= 15 is 0 Å². The quantitative estimate of drug-likeness (QED) is 0.865. The van der Waals surface area contributed by atoms with Gasteiger partial charge in [-0.05, 0) is 53.7 Å². The van der Waals surface area contributed by atoms with E-state index in [1.807, 2.05) is 0 Å². The highest BCUT2D eigenvalue weighted by molar-refractivity contribution is 9.10. The van der Waals surface area contributed by atoms with Crippen LogP contribution in [0.3, 0.4) is 0 Å². The van der Waals surface area contributed by atoms with Gasteiger partial charge in [0.1, 0.15) is 4.47 Å². The molecule has 1 aromatic heterocycles. The van der Waals surface area contributed by atoms with Crippen LogP contribution in [0.25, 0.3) is 0 Å². The highest BCUT2D eigenvalue weighted by Gasteiger charge is 2.25. The van der Waals surface area contributed by atoms with E-state index in [9.17, 15) is 4.79 Å². The summed E-state index contributed by atoms with van der Waals surface area (Å²) in [6.07, 6.45) is 4.27. The van der Waals surface area contributed by atoms with Crippen LogP contribution in [0.1, 0.15) is 33.6 Å². The summed E-state index contributed by atoms with van der Waals surface area (Å²) >= 11 is 3.37. The molecular formula is C16H27BrN4O. The van der Waals surface area contributed by atoms with E-state index in [1.54, 1.807) is 13.2 Å². The lowest BCUT2D eigenvalue weighted by Gasteiger charge is -2.39. The lowest BCUT2D eigenvalue weighted by atomic mass is 9.94. The predicted molar refractivity (Wildman–Crippen MR) is 94.3 cm³/mol. The summed E-state index contributed by atoms with van der Waals surface area (Å²) in [5.41, 5.74) is 0.664. The van der Waals surface area contributed by atoms with Crippen LogP contribution in [0, 0.1) is 11.8 Å². The first-order chi connectivity index (χ1) is 10.4. The minimum Gasteiger partial charge on any atom is -0.381 e. The molecule has 1 aliphatic heterocycles. The highest BCUT2D eigenvalue weighted by atomic mass is 79.9. The number of hydrogen-bond acceptors (Lipinski definition) is 4. The molecule has 0 aromatic carbocycles. The topological polar surface area (TPSA) is 50.2 Å². The fraction of sp³-hybridized carbons (Fsp3) is 0.750. The van der Waals surface area contributed by atoms with Gasteiger partial charge in [0.05, 0.1) is 11.9 Å². The molecule has 1 N–H and O–H groups in total. The van der Waals surface area contributed by atoms with Crippen molar-refractivity contribution in [1.29, 1.82) is 0 Å². The molecule has 0 spiro atoms. The fourth-order valence-electron chi connectivity index (χ4n) is 3.00. The number of likely N-dealkylation sites (tertiary alicyclic amines) is 1. The molecule has 0 bridgehead atoms. The Hall–Kier alpha value is -0.880. The van der Waals surface area contributed by atoms with Gasteiger partial charge in [0.25, 0.3) is 5.56 Å². The summed E-state index contributed by atoms with van der Waals surface area (Å²) in [5.74, 6) is 1.41. The number of rotatable bonds is 5. The second kappa shape index (κ2) is 7.59. The summed E-state index contributed by atoms with van der Waals surface area (Å²) in [7, 11) is 1.66. The van der Waals surface area contributed by atoms with Crippen LogP contribution in [0.15, 0.2) is 15.5 Å². The first kappa shape index (κ1) is 17.5. The molecule has 1 atom stereocenters. The van der Waals surface area contributed by atoms with Crippen LogP contribution in [0.4, 0.5) is 5.69 Å². The summed E-state index contributed by atoms with van der Waals surface area (Å²) in [6.45, 7) is 10.0. The monoisotopic (exact) mass is 370 g/mol. The van der Waals surface area contributed by atoms with E-state index in [1.165, 1.54) is 30.6 Å². The molecular weight excluding hydrogens is 344 g/mol. The van der Waals surface area contributed by atoms with Gasteiger partial charge < -0.3 is 5.32 Å². The van der Waals surface area contributed by atoms with E-state index in [0.717, 1.165) is 18.2 Å². The Balaban J connectivity index is 2.03. The van der Waals surface area contributed by atoms with E-state index < -0.39 is 0 Å². The van der Waals surface area contributed by atoms with E-state index in [4.69, 9.17) is 0 Å². The van der Waals surface area contributed by atoms with Crippen LogP contribution in [0.2, 0.25) is 0 Å². The average molecular weight is 371 g/mol. The van der Waals surface area contributed by atoms with Crippen molar-refractivity contribution in [2.45, 2.75) is 39.7 Å². The lowest BCUT2D eigenvalue weighted by Crippen LogP contribution is -2.47. The average Bonchev–Trinajstić information content (AvgIpc) is 2.48. The Morgan fingerprint density at radius 2 is 2.05 bits per heavy atom. The zero-order chi connectivity index (χ0) is 16.3. The van der Waals surface area contributed by atoms with Crippen molar-refractivity contribution in [1.82, 2.24) is 14.7 Å². The molecule has 2 rings (SSSR count). The smallest absolute Gasteiger partial charge is 0.282 e. The van der Waals surface area contributed by atoms with Crippen molar-refractivity contribution in [3.8, 4) is 0 Å². The Bertz CT molecular complexity index is 550. The molecule has 0 saturated carbocycles. The maximum atomic E-state index is 11.9. The molecule has 2 heterocycles. The number of anilines is 1. The molecule has 1 unspecified atom stereocenters. The first-order valence-corrected chi connectivity index (χ1v) is 8.89. The normalized spacial score (nSPS) is 18.6. The molecule has 0 aliphatic carbocycles. The number of halogens is 1. The van der Waals surface area contributed by atoms with Gasteiger partial charge in [0, 0.05) is 19.6 Å². The minimum atomic E-state index is -0.113. The van der Waals surface area contributed by atoms with Gasteiger partial charge in [-0.25, -0.2) is 4.68 Å². The van der Waals surface area contributed by atoms with Crippen molar-refractivity contribution in [2.75, 3.05) is 25.0 Å². The number of nitrogens with zero attached hydrogens (tertiary/aromatic N) is 3. The molecule has 1 fully saturated rings. The van der Waals surface area contributed by atoms with Gasteiger partial charge in [-0.15, -0.1) is 0 Å². The Labute approximate surface area is 141 Å². The summed E-state index contributed by atoms with van der Waals surface area (Å²) < 4.78 is 1.89. The third-order valence-corrected chi connectivity index (χ3v) is 5.40. The lowest BCUT2D eigenvalue weighted by molar-refractivity contribution is 0.115. The number of aryl methyl sites for hydroxylation is 1. The zero-order valence-electron chi connectivity index (χ0n) is 14.0. The first-order valence-electron chi connectivity index (χ1n) is 8.10. The van der Waals surface area contributed by atoms with Crippen LogP contribution in [-0.2, 0) is 7.05 Å². The molecule has 5 nitrogen and oxygen atoms in total. The Morgan fingerprint density at radius 3 is 2.64 bits per heavy atom. The van der Waals surface area contributed by atoms with E-state index in [2.05, 4.69) is 52.0 Å². The molecule has 1 aliphatic rings. The molecule has 22 heavy (non-hydrogen) atoms. The zero-order valence-corrected chi connectivity index (χ0v) is 15.6. The van der Waals surface area contributed by atoms with E-state index in [-0.39, 0.29) is 5.56 Å². The SMILES string of the molecule is CC1CCN(C(CNc2cnn(C)c(=O)c2Br)C(C)C)CC1. The summed E-state index contributed by atoms with van der Waals surface area (Å²) in [5, 5.41) is 7.49. The third kappa shape index (κ3) is 4.10. The van der Waals surface area contributed by atoms with E-state index in [0.29, 0.717) is 16.4 Å². The maximum Gasteiger partial charge on any atom is 0.282 e. The molecule has 1 saturated heterocycles.